The minimum absolute atomic E-state index is 0.188. The van der Waals surface area contributed by atoms with Gasteiger partial charge in [-0.15, -0.1) is 11.3 Å². The van der Waals surface area contributed by atoms with Crippen LogP contribution in [-0.4, -0.2) is 6.71 Å². The van der Waals surface area contributed by atoms with Crippen LogP contribution in [0.5, 0.6) is 0 Å². The maximum Gasteiger partial charge on any atom is 0.252 e. The fourth-order valence-electron chi connectivity index (χ4n) is 15.5. The van der Waals surface area contributed by atoms with Gasteiger partial charge < -0.3 is 9.80 Å². The van der Waals surface area contributed by atoms with Crippen LogP contribution in [0.25, 0.3) is 120 Å². The molecule has 442 valence electrons. The number of hydrogen-bond donors (Lipinski definition) is 0. The van der Waals surface area contributed by atoms with E-state index in [0.29, 0.717) is 0 Å². The summed E-state index contributed by atoms with van der Waals surface area (Å²) in [4.78, 5) is 5.40. The molecule has 0 N–H and O–H groups in total. The lowest BCUT2D eigenvalue weighted by atomic mass is 9.33. The summed E-state index contributed by atoms with van der Waals surface area (Å²) >= 11 is 1.88. The Morgan fingerprint density at radius 3 is 1.06 bits per heavy atom. The van der Waals surface area contributed by atoms with E-state index in [1.165, 1.54) is 108 Å². The molecule has 18 rings (SSSR count). The van der Waals surface area contributed by atoms with Crippen molar-refractivity contribution in [2.24, 2.45) is 0 Å². The highest BCUT2D eigenvalue weighted by molar-refractivity contribution is 7.25. The molecule has 16 aromatic rings. The van der Waals surface area contributed by atoms with Crippen molar-refractivity contribution in [2.45, 2.75) is 26.2 Å². The van der Waals surface area contributed by atoms with Gasteiger partial charge in [0.25, 0.3) is 6.71 Å². The van der Waals surface area contributed by atoms with Gasteiger partial charge in [0.15, 0.2) is 0 Å². The molecule has 2 aliphatic rings. The summed E-state index contributed by atoms with van der Waals surface area (Å²) in [7, 11) is 0. The first kappa shape index (κ1) is 55.5. The van der Waals surface area contributed by atoms with Crippen molar-refractivity contribution < 1.29 is 0 Å². The molecular weight excluding hydrogens is 1150 g/mol. The van der Waals surface area contributed by atoms with Gasteiger partial charge in [0.2, 0.25) is 0 Å². The predicted octanol–water partition coefficient (Wildman–Crippen LogP) is 23.4. The molecule has 0 atom stereocenters. The monoisotopic (exact) mass is 1210 g/mol. The first-order chi connectivity index (χ1) is 46.3. The van der Waals surface area contributed by atoms with Gasteiger partial charge in [0.05, 0.1) is 11.4 Å². The average molecular weight is 1220 g/mol. The van der Waals surface area contributed by atoms with Crippen LogP contribution < -0.4 is 26.2 Å². The van der Waals surface area contributed by atoms with Gasteiger partial charge >= 0.3 is 0 Å². The summed E-state index contributed by atoms with van der Waals surface area (Å²) in [6.45, 7) is 6.97. The highest BCUT2D eigenvalue weighted by Crippen LogP contribution is 2.55. The van der Waals surface area contributed by atoms with Crippen molar-refractivity contribution in [2.75, 3.05) is 9.80 Å². The fourth-order valence-corrected chi connectivity index (χ4v) is 16.6. The zero-order valence-corrected chi connectivity index (χ0v) is 53.4. The van der Waals surface area contributed by atoms with E-state index in [4.69, 9.17) is 0 Å². The van der Waals surface area contributed by atoms with Crippen LogP contribution in [0.4, 0.5) is 34.1 Å². The number of anilines is 6. The molecule has 1 aromatic heterocycles. The minimum Gasteiger partial charge on any atom is -0.310 e. The van der Waals surface area contributed by atoms with Crippen LogP contribution >= 0.6 is 11.3 Å². The highest BCUT2D eigenvalue weighted by Gasteiger charge is 2.46. The van der Waals surface area contributed by atoms with Crippen molar-refractivity contribution in [3.05, 3.63) is 333 Å². The van der Waals surface area contributed by atoms with Crippen LogP contribution in [-0.2, 0) is 5.41 Å². The van der Waals surface area contributed by atoms with E-state index in [9.17, 15) is 0 Å². The first-order valence-electron chi connectivity index (χ1n) is 32.8. The summed E-state index contributed by atoms with van der Waals surface area (Å²) in [6.07, 6.45) is 0. The number of fused-ring (bicyclic) bond motifs is 9. The third-order valence-electron chi connectivity index (χ3n) is 19.8. The second kappa shape index (κ2) is 22.2. The maximum atomic E-state index is 2.70. The van der Waals surface area contributed by atoms with E-state index in [-0.39, 0.29) is 12.1 Å². The van der Waals surface area contributed by atoms with Gasteiger partial charge in [-0.25, -0.2) is 0 Å². The standard InChI is InChI=1S/C90H63BN2S/c1-90(2,3)66-56-81-87-82(57-66)93(89-69(60-31-13-6-14-32-60)44-26-45-70(89)61-33-15-7-16-34-61)80-54-65(86-75-40-21-19-38-73(75)85(62-35-17-8-18-36-62)74-39-20-22-41-76(74)86)49-52-78(80)91(87)77-51-48-63(64-47-50-72-71-37-23-24-46-83(71)94-84(72)55-64)53-79(77)92(81)88-67(58-27-9-4-10-28-58)42-25-43-68(88)59-29-11-5-12-30-59/h4-57H,1-3H3. The molecule has 94 heavy (non-hydrogen) atoms. The largest absolute Gasteiger partial charge is 0.310 e. The molecule has 0 saturated heterocycles. The Labute approximate surface area is 553 Å². The van der Waals surface area contributed by atoms with Crippen molar-refractivity contribution >= 4 is 110 Å². The number of thiophene rings is 1. The van der Waals surface area contributed by atoms with E-state index in [1.807, 2.05) is 11.3 Å². The molecule has 0 saturated carbocycles. The van der Waals surface area contributed by atoms with Gasteiger partial charge in [-0.2, -0.15) is 0 Å². The highest BCUT2D eigenvalue weighted by atomic mass is 32.1. The molecule has 2 aliphatic heterocycles. The van der Waals surface area contributed by atoms with Gasteiger partial charge in [-0.05, 0) is 141 Å². The minimum atomic E-state index is -0.289. The SMILES string of the molecule is CC(C)(C)c1cc2c3c(c1)N(c1c(-c4ccccc4)cccc1-c1ccccc1)c1cc(-c4c5ccccc5c(-c5ccccc5)c5ccccc45)ccc1B3c1ccc(-c3ccc4c(c3)sc3ccccc34)cc1N2c1c(-c2ccccc2)cccc1-c1ccccc1. The van der Waals surface area contributed by atoms with Gasteiger partial charge in [-0.1, -0.05) is 312 Å². The van der Waals surface area contributed by atoms with Crippen molar-refractivity contribution in [1.82, 2.24) is 0 Å². The lowest BCUT2D eigenvalue weighted by Crippen LogP contribution is -2.61. The Bertz CT molecular complexity index is 5480. The molecule has 0 amide bonds. The summed E-state index contributed by atoms with van der Waals surface area (Å²) in [5, 5.41) is 7.51. The third-order valence-corrected chi connectivity index (χ3v) is 20.9. The van der Waals surface area contributed by atoms with E-state index in [2.05, 4.69) is 358 Å². The van der Waals surface area contributed by atoms with E-state index in [0.717, 1.165) is 67.3 Å². The van der Waals surface area contributed by atoms with E-state index < -0.39 is 0 Å². The van der Waals surface area contributed by atoms with Crippen LogP contribution in [0.1, 0.15) is 26.3 Å². The first-order valence-corrected chi connectivity index (χ1v) is 33.6. The summed E-state index contributed by atoms with van der Waals surface area (Å²) in [5.41, 5.74) is 28.2. The molecule has 0 bridgehead atoms. The quantitative estimate of drug-likeness (QED) is 0.105. The van der Waals surface area contributed by atoms with Crippen LogP contribution in [0.3, 0.4) is 0 Å². The molecule has 0 unspecified atom stereocenters. The molecule has 0 fully saturated rings. The number of rotatable bonds is 9. The predicted molar refractivity (Wildman–Crippen MR) is 405 cm³/mol. The van der Waals surface area contributed by atoms with Crippen LogP contribution in [0, 0.1) is 0 Å². The second-order valence-corrected chi connectivity index (χ2v) is 27.3. The summed E-state index contributed by atoms with van der Waals surface area (Å²) in [5.74, 6) is 0. The Balaban J connectivity index is 0.992. The molecule has 2 nitrogen and oxygen atoms in total. The van der Waals surface area contributed by atoms with Crippen molar-refractivity contribution in [3.63, 3.8) is 0 Å². The topological polar surface area (TPSA) is 6.48 Å². The number of hydrogen-bond acceptors (Lipinski definition) is 3. The van der Waals surface area contributed by atoms with Gasteiger partial charge in [-0.3, -0.25) is 0 Å². The average Bonchev–Trinajstić information content (AvgIpc) is 0.754. The molecule has 3 heterocycles. The number of nitrogens with zero attached hydrogens (tertiary/aromatic N) is 2. The Morgan fingerprint density at radius 2 is 0.617 bits per heavy atom. The van der Waals surface area contributed by atoms with Crippen molar-refractivity contribution in [3.8, 4) is 77.9 Å². The lowest BCUT2D eigenvalue weighted by Gasteiger charge is -2.46. The fraction of sp³-hybridized carbons (Fsp3) is 0.0444. The Morgan fingerprint density at radius 1 is 0.266 bits per heavy atom. The lowest BCUT2D eigenvalue weighted by molar-refractivity contribution is 0.590. The molecule has 0 spiro atoms. The zero-order valence-electron chi connectivity index (χ0n) is 52.6. The zero-order chi connectivity index (χ0) is 62.6. The summed E-state index contributed by atoms with van der Waals surface area (Å²) < 4.78 is 2.59. The third kappa shape index (κ3) is 9.00. The van der Waals surface area contributed by atoms with E-state index >= 15 is 0 Å². The van der Waals surface area contributed by atoms with Gasteiger partial charge in [0.1, 0.15) is 0 Å². The molecule has 0 radical (unpaired) electrons. The Kier molecular flexibility index (Phi) is 13.1. The smallest absolute Gasteiger partial charge is 0.252 e. The molecule has 0 aliphatic carbocycles. The van der Waals surface area contributed by atoms with Crippen molar-refractivity contribution in [1.29, 1.82) is 0 Å². The van der Waals surface area contributed by atoms with Gasteiger partial charge in [0, 0.05) is 65.2 Å². The Hall–Kier alpha value is -11.3. The number of benzene rings is 15. The second-order valence-electron chi connectivity index (χ2n) is 26.2. The van der Waals surface area contributed by atoms with E-state index in [1.54, 1.807) is 0 Å². The van der Waals surface area contributed by atoms with Crippen LogP contribution in [0.2, 0.25) is 0 Å². The normalized spacial score (nSPS) is 12.6. The van der Waals surface area contributed by atoms with Crippen LogP contribution in [0.15, 0.2) is 328 Å². The molecular formula is C90H63BN2S. The summed E-state index contributed by atoms with van der Waals surface area (Å²) in [6, 6.07) is 123. The maximum absolute atomic E-state index is 2.70. The molecule has 4 heteroatoms. The number of para-hydroxylation sites is 2. The molecule has 15 aromatic carbocycles.